The van der Waals surface area contributed by atoms with Gasteiger partial charge in [0.15, 0.2) is 5.16 Å². The first kappa shape index (κ1) is 21.5. The van der Waals surface area contributed by atoms with Gasteiger partial charge in [0.2, 0.25) is 0 Å². The second kappa shape index (κ2) is 10.0. The maximum Gasteiger partial charge on any atom is 0.387 e. The van der Waals surface area contributed by atoms with E-state index in [1.54, 1.807) is 37.5 Å². The van der Waals surface area contributed by atoms with Crippen LogP contribution in [0.15, 0.2) is 71.0 Å². The van der Waals surface area contributed by atoms with E-state index in [1.807, 2.05) is 25.1 Å². The highest BCUT2D eigenvalue weighted by Gasteiger charge is 2.13. The number of carbonyl (C=O) groups is 1. The van der Waals surface area contributed by atoms with Gasteiger partial charge in [-0.3, -0.25) is 0 Å². The maximum absolute atomic E-state index is 12.4. The third-order valence-corrected chi connectivity index (χ3v) is 5.01. The topological polar surface area (TPSA) is 76.1 Å². The van der Waals surface area contributed by atoms with Crippen molar-refractivity contribution in [3.8, 4) is 5.75 Å². The molecule has 0 saturated heterocycles. The predicted octanol–water partition coefficient (Wildman–Crippen LogP) is 5.42. The number of hydrogen-bond donors (Lipinski definition) is 2. The summed E-state index contributed by atoms with van der Waals surface area (Å²) in [4.78, 5) is 21.7. The van der Waals surface area contributed by atoms with Crippen molar-refractivity contribution in [2.24, 2.45) is 0 Å². The van der Waals surface area contributed by atoms with Gasteiger partial charge in [0.05, 0.1) is 6.04 Å². The Kier molecular flexibility index (Phi) is 7.18. The van der Waals surface area contributed by atoms with Gasteiger partial charge in [0.1, 0.15) is 5.75 Å². The molecule has 0 radical (unpaired) electrons. The second-order valence-electron chi connectivity index (χ2n) is 6.38. The van der Waals surface area contributed by atoms with Gasteiger partial charge in [-0.05, 0) is 73.1 Å². The van der Waals surface area contributed by atoms with Gasteiger partial charge in [0.25, 0.3) is 0 Å². The van der Waals surface area contributed by atoms with Gasteiger partial charge in [-0.2, -0.15) is 8.78 Å². The molecule has 0 bridgehead atoms. The lowest BCUT2D eigenvalue weighted by Crippen LogP contribution is -2.31. The molecule has 3 rings (SSSR count). The van der Waals surface area contributed by atoms with Crippen molar-refractivity contribution in [3.05, 3.63) is 72.1 Å². The second-order valence-corrected chi connectivity index (χ2v) is 7.42. The SMILES string of the molecule is Cc1cc(Sc2ncccn2)ccc1NC(=O)NC(C)c1cccc(OC(F)F)c1. The van der Waals surface area contributed by atoms with Crippen LogP contribution in [0.2, 0.25) is 0 Å². The molecule has 0 aliphatic heterocycles. The molecule has 1 heterocycles. The number of anilines is 1. The molecule has 2 amide bonds. The number of amides is 2. The highest BCUT2D eigenvalue weighted by atomic mass is 32.2. The van der Waals surface area contributed by atoms with E-state index in [9.17, 15) is 13.6 Å². The van der Waals surface area contributed by atoms with Crippen LogP contribution in [-0.4, -0.2) is 22.6 Å². The molecule has 2 N–H and O–H groups in total. The molecule has 1 atom stereocenters. The Balaban J connectivity index is 1.60. The normalized spacial score (nSPS) is 11.8. The third-order valence-electron chi connectivity index (χ3n) is 4.13. The highest BCUT2D eigenvalue weighted by Crippen LogP contribution is 2.28. The zero-order chi connectivity index (χ0) is 21.5. The van der Waals surface area contributed by atoms with Crippen molar-refractivity contribution in [2.45, 2.75) is 36.6 Å². The molecule has 6 nitrogen and oxygen atoms in total. The first-order chi connectivity index (χ1) is 14.4. The summed E-state index contributed by atoms with van der Waals surface area (Å²) in [5.41, 5.74) is 2.19. The summed E-state index contributed by atoms with van der Waals surface area (Å²) in [6.07, 6.45) is 3.36. The average Bonchev–Trinajstić information content (AvgIpc) is 2.70. The minimum absolute atomic E-state index is 0.0443. The molecule has 0 fully saturated rings. The molecular weight excluding hydrogens is 410 g/mol. The summed E-state index contributed by atoms with van der Waals surface area (Å²) in [6, 6.07) is 12.8. The number of nitrogens with one attached hydrogen (secondary N) is 2. The maximum atomic E-state index is 12.4. The van der Waals surface area contributed by atoms with Crippen LogP contribution in [0, 0.1) is 6.92 Å². The minimum Gasteiger partial charge on any atom is -0.435 e. The molecule has 0 aliphatic carbocycles. The lowest BCUT2D eigenvalue weighted by atomic mass is 10.1. The quantitative estimate of drug-likeness (QED) is 0.490. The summed E-state index contributed by atoms with van der Waals surface area (Å²) in [6.45, 7) is 0.748. The summed E-state index contributed by atoms with van der Waals surface area (Å²) >= 11 is 1.43. The van der Waals surface area contributed by atoms with E-state index in [1.165, 1.54) is 23.9 Å². The van der Waals surface area contributed by atoms with Crippen LogP contribution in [0.25, 0.3) is 0 Å². The molecule has 0 spiro atoms. The van der Waals surface area contributed by atoms with Crippen LogP contribution in [0.4, 0.5) is 19.3 Å². The molecular formula is C21H20F2N4O2S. The number of aryl methyl sites for hydroxylation is 1. The fourth-order valence-corrected chi connectivity index (χ4v) is 3.49. The summed E-state index contributed by atoms with van der Waals surface area (Å²) in [5, 5.41) is 6.24. The molecule has 1 aromatic heterocycles. The van der Waals surface area contributed by atoms with Crippen LogP contribution in [0.3, 0.4) is 0 Å². The Morgan fingerprint density at radius 2 is 1.87 bits per heavy atom. The standard InChI is InChI=1S/C21H20F2N4O2S/c1-13-11-17(30-21-24-9-4-10-25-21)7-8-18(13)27-20(28)26-14(2)15-5-3-6-16(12-15)29-19(22)23/h3-12,14,19H,1-2H3,(H2,26,27,28). The Morgan fingerprint density at radius 1 is 1.10 bits per heavy atom. The number of alkyl halides is 2. The smallest absolute Gasteiger partial charge is 0.387 e. The van der Waals surface area contributed by atoms with Crippen molar-refractivity contribution in [1.82, 2.24) is 15.3 Å². The lowest BCUT2D eigenvalue weighted by Gasteiger charge is -2.17. The van der Waals surface area contributed by atoms with Gasteiger partial charge < -0.3 is 15.4 Å². The number of urea groups is 1. The lowest BCUT2D eigenvalue weighted by molar-refractivity contribution is -0.0499. The molecule has 9 heteroatoms. The number of benzene rings is 2. The fraction of sp³-hybridized carbons (Fsp3) is 0.190. The number of ether oxygens (including phenoxy) is 1. The zero-order valence-electron chi connectivity index (χ0n) is 16.3. The van der Waals surface area contributed by atoms with Crippen molar-refractivity contribution < 1.29 is 18.3 Å². The Hall–Kier alpha value is -3.20. The van der Waals surface area contributed by atoms with Gasteiger partial charge in [-0.25, -0.2) is 14.8 Å². The van der Waals surface area contributed by atoms with Crippen LogP contribution < -0.4 is 15.4 Å². The number of carbonyl (C=O) groups excluding carboxylic acids is 1. The third kappa shape index (κ3) is 6.15. The van der Waals surface area contributed by atoms with E-state index in [0.717, 1.165) is 10.5 Å². The Bertz CT molecular complexity index is 1010. The fourth-order valence-electron chi connectivity index (χ4n) is 2.68. The Morgan fingerprint density at radius 3 is 2.57 bits per heavy atom. The molecule has 0 aliphatic rings. The number of halogens is 2. The summed E-state index contributed by atoms with van der Waals surface area (Å²) in [5.74, 6) is 0.0443. The average molecular weight is 430 g/mol. The molecule has 1 unspecified atom stereocenters. The van der Waals surface area contributed by atoms with Crippen molar-refractivity contribution in [2.75, 3.05) is 5.32 Å². The molecule has 0 saturated carbocycles. The van der Waals surface area contributed by atoms with E-state index >= 15 is 0 Å². The van der Waals surface area contributed by atoms with Crippen LogP contribution in [0.5, 0.6) is 5.75 Å². The van der Waals surface area contributed by atoms with Gasteiger partial charge >= 0.3 is 12.6 Å². The zero-order valence-corrected chi connectivity index (χ0v) is 17.1. The van der Waals surface area contributed by atoms with Gasteiger partial charge in [0, 0.05) is 23.0 Å². The minimum atomic E-state index is -2.90. The Labute approximate surface area is 177 Å². The van der Waals surface area contributed by atoms with Crippen molar-refractivity contribution in [3.63, 3.8) is 0 Å². The summed E-state index contributed by atoms with van der Waals surface area (Å²) < 4.78 is 29.2. The number of nitrogens with zero attached hydrogens (tertiary/aromatic N) is 2. The van der Waals surface area contributed by atoms with Gasteiger partial charge in [-0.1, -0.05) is 12.1 Å². The summed E-state index contributed by atoms with van der Waals surface area (Å²) in [7, 11) is 0. The van der Waals surface area contributed by atoms with E-state index in [4.69, 9.17) is 0 Å². The van der Waals surface area contributed by atoms with Crippen LogP contribution in [0.1, 0.15) is 24.1 Å². The first-order valence-corrected chi connectivity index (χ1v) is 9.90. The monoisotopic (exact) mass is 430 g/mol. The van der Waals surface area contributed by atoms with E-state index in [0.29, 0.717) is 16.4 Å². The van der Waals surface area contributed by atoms with Crippen molar-refractivity contribution >= 4 is 23.5 Å². The highest BCUT2D eigenvalue weighted by molar-refractivity contribution is 7.99. The van der Waals surface area contributed by atoms with E-state index < -0.39 is 18.7 Å². The van der Waals surface area contributed by atoms with Crippen molar-refractivity contribution in [1.29, 1.82) is 0 Å². The number of rotatable bonds is 7. The number of aromatic nitrogens is 2. The van der Waals surface area contributed by atoms with Crippen LogP contribution >= 0.6 is 11.8 Å². The predicted molar refractivity (Wildman–Crippen MR) is 111 cm³/mol. The largest absolute Gasteiger partial charge is 0.435 e. The van der Waals surface area contributed by atoms with E-state index in [2.05, 4.69) is 25.3 Å². The first-order valence-electron chi connectivity index (χ1n) is 9.08. The molecule has 156 valence electrons. The molecule has 30 heavy (non-hydrogen) atoms. The molecule has 3 aromatic rings. The molecule has 2 aromatic carbocycles. The van der Waals surface area contributed by atoms with Crippen LogP contribution in [-0.2, 0) is 0 Å². The van der Waals surface area contributed by atoms with E-state index in [-0.39, 0.29) is 5.75 Å². The number of hydrogen-bond acceptors (Lipinski definition) is 5. The van der Waals surface area contributed by atoms with Gasteiger partial charge in [-0.15, -0.1) is 0 Å².